The van der Waals surface area contributed by atoms with E-state index in [2.05, 4.69) is 44.4 Å². The van der Waals surface area contributed by atoms with E-state index in [9.17, 15) is 0 Å². The topological polar surface area (TPSA) is 40.7 Å². The van der Waals surface area contributed by atoms with Gasteiger partial charge in [0.25, 0.3) is 0 Å². The highest BCUT2D eigenvalue weighted by Gasteiger charge is 2.24. The average Bonchev–Trinajstić information content (AvgIpc) is 2.96. The first-order chi connectivity index (χ1) is 9.79. The van der Waals surface area contributed by atoms with Crippen LogP contribution in [-0.4, -0.2) is 23.1 Å². The summed E-state index contributed by atoms with van der Waals surface area (Å²) in [6, 6.07) is 6.49. The molecule has 104 valence electrons. The van der Waals surface area contributed by atoms with Crippen molar-refractivity contribution in [2.75, 3.05) is 13.1 Å². The van der Waals surface area contributed by atoms with Crippen molar-refractivity contribution in [1.82, 2.24) is 15.3 Å². The maximum atomic E-state index is 4.86. The molecule has 1 aliphatic carbocycles. The summed E-state index contributed by atoms with van der Waals surface area (Å²) < 4.78 is 1.15. The van der Waals surface area contributed by atoms with Crippen molar-refractivity contribution in [3.8, 4) is 11.3 Å². The van der Waals surface area contributed by atoms with Crippen LogP contribution in [0.1, 0.15) is 29.9 Å². The van der Waals surface area contributed by atoms with Crippen LogP contribution in [-0.2, 0) is 12.8 Å². The number of aromatic amines is 1. The van der Waals surface area contributed by atoms with Crippen LogP contribution in [0.2, 0.25) is 0 Å². The fraction of sp³-hybridized carbons (Fsp3) is 0.438. The lowest BCUT2D eigenvalue weighted by Gasteiger charge is -2.21. The number of H-pyrrole nitrogens is 1. The Labute approximate surface area is 127 Å². The lowest BCUT2D eigenvalue weighted by molar-refractivity contribution is 0.368. The Kier molecular flexibility index (Phi) is 3.15. The monoisotopic (exact) mass is 331 g/mol. The largest absolute Gasteiger partial charge is 0.345 e. The highest BCUT2D eigenvalue weighted by molar-refractivity contribution is 9.10. The van der Waals surface area contributed by atoms with Crippen LogP contribution in [0, 0.1) is 5.92 Å². The lowest BCUT2D eigenvalue weighted by atomic mass is 9.94. The van der Waals surface area contributed by atoms with Gasteiger partial charge in [-0.15, -0.1) is 0 Å². The van der Waals surface area contributed by atoms with Crippen molar-refractivity contribution >= 4 is 15.9 Å². The maximum Gasteiger partial charge on any atom is 0.107 e. The fourth-order valence-corrected chi connectivity index (χ4v) is 3.81. The quantitative estimate of drug-likeness (QED) is 0.756. The number of aromatic nitrogens is 2. The van der Waals surface area contributed by atoms with Gasteiger partial charge < -0.3 is 10.3 Å². The number of hydrogen-bond acceptors (Lipinski definition) is 2. The molecule has 0 atom stereocenters. The third-order valence-corrected chi connectivity index (χ3v) is 4.95. The van der Waals surface area contributed by atoms with Gasteiger partial charge in [-0.2, -0.15) is 0 Å². The summed E-state index contributed by atoms with van der Waals surface area (Å²) in [5, 5.41) is 3.42. The van der Waals surface area contributed by atoms with Gasteiger partial charge in [0.05, 0.1) is 5.69 Å². The van der Waals surface area contributed by atoms with E-state index in [0.29, 0.717) is 0 Å². The Balaban J connectivity index is 1.58. The molecule has 4 heteroatoms. The summed E-state index contributed by atoms with van der Waals surface area (Å²) in [6.45, 7) is 2.31. The minimum absolute atomic E-state index is 0.784. The summed E-state index contributed by atoms with van der Waals surface area (Å²) in [6.07, 6.45) is 4.63. The van der Waals surface area contributed by atoms with Crippen molar-refractivity contribution in [2.45, 2.75) is 25.7 Å². The SMILES string of the molecule is Brc1ccc2c(c1)Cc1[nH]c(CC3CCNCC3)nc1-2. The number of nitrogens with zero attached hydrogens (tertiary/aromatic N) is 1. The van der Waals surface area contributed by atoms with Gasteiger partial charge in [0.2, 0.25) is 0 Å². The second-order valence-corrected chi connectivity index (χ2v) is 6.80. The third-order valence-electron chi connectivity index (χ3n) is 4.46. The van der Waals surface area contributed by atoms with Crippen LogP contribution in [0.15, 0.2) is 22.7 Å². The predicted octanol–water partition coefficient (Wildman–Crippen LogP) is 3.29. The van der Waals surface area contributed by atoms with E-state index in [1.165, 1.54) is 41.2 Å². The van der Waals surface area contributed by atoms with Crippen LogP contribution in [0.5, 0.6) is 0 Å². The van der Waals surface area contributed by atoms with Crippen LogP contribution >= 0.6 is 15.9 Å². The molecule has 20 heavy (non-hydrogen) atoms. The molecular weight excluding hydrogens is 314 g/mol. The zero-order valence-corrected chi connectivity index (χ0v) is 13.0. The number of nitrogens with one attached hydrogen (secondary N) is 2. The van der Waals surface area contributed by atoms with Crippen molar-refractivity contribution in [3.63, 3.8) is 0 Å². The Hall–Kier alpha value is -1.13. The van der Waals surface area contributed by atoms with Crippen LogP contribution < -0.4 is 5.32 Å². The van der Waals surface area contributed by atoms with Crippen molar-refractivity contribution in [3.05, 3.63) is 39.8 Å². The van der Waals surface area contributed by atoms with E-state index < -0.39 is 0 Å². The van der Waals surface area contributed by atoms with E-state index in [0.717, 1.165) is 36.3 Å². The highest BCUT2D eigenvalue weighted by Crippen LogP contribution is 2.36. The summed E-state index contributed by atoms with van der Waals surface area (Å²) >= 11 is 3.54. The molecular formula is C16H18BrN3. The van der Waals surface area contributed by atoms with Crippen LogP contribution in [0.4, 0.5) is 0 Å². The molecule has 0 unspecified atom stereocenters. The molecule has 0 bridgehead atoms. The first-order valence-corrected chi connectivity index (χ1v) is 8.16. The first-order valence-electron chi connectivity index (χ1n) is 7.37. The van der Waals surface area contributed by atoms with Gasteiger partial charge in [0, 0.05) is 28.6 Å². The van der Waals surface area contributed by atoms with E-state index >= 15 is 0 Å². The van der Waals surface area contributed by atoms with Crippen molar-refractivity contribution < 1.29 is 0 Å². The Morgan fingerprint density at radius 2 is 2.10 bits per heavy atom. The summed E-state index contributed by atoms with van der Waals surface area (Å²) in [7, 11) is 0. The molecule has 4 rings (SSSR count). The fourth-order valence-electron chi connectivity index (χ4n) is 3.40. The molecule has 0 saturated carbocycles. The van der Waals surface area contributed by atoms with Crippen LogP contribution in [0.3, 0.4) is 0 Å². The second kappa shape index (κ2) is 5.01. The standard InChI is InChI=1S/C16H18BrN3/c17-12-1-2-13-11(8-12)9-14-16(13)20-15(19-14)7-10-3-5-18-6-4-10/h1-2,8,10,18H,3-7,9H2,(H,19,20). The smallest absolute Gasteiger partial charge is 0.107 e. The number of rotatable bonds is 2. The number of imidazole rings is 1. The molecule has 0 amide bonds. The average molecular weight is 332 g/mol. The molecule has 1 saturated heterocycles. The molecule has 2 heterocycles. The van der Waals surface area contributed by atoms with Gasteiger partial charge in [-0.25, -0.2) is 4.98 Å². The lowest BCUT2D eigenvalue weighted by Crippen LogP contribution is -2.28. The number of halogens is 1. The molecule has 1 fully saturated rings. The predicted molar refractivity (Wildman–Crippen MR) is 83.8 cm³/mol. The van der Waals surface area contributed by atoms with E-state index in [4.69, 9.17) is 4.98 Å². The Morgan fingerprint density at radius 3 is 2.95 bits per heavy atom. The number of hydrogen-bond donors (Lipinski definition) is 2. The molecule has 2 aliphatic rings. The number of fused-ring (bicyclic) bond motifs is 3. The van der Waals surface area contributed by atoms with Gasteiger partial charge >= 0.3 is 0 Å². The van der Waals surface area contributed by atoms with E-state index in [-0.39, 0.29) is 0 Å². The van der Waals surface area contributed by atoms with Crippen molar-refractivity contribution in [2.24, 2.45) is 5.92 Å². The molecule has 0 spiro atoms. The Bertz CT molecular complexity index is 641. The summed E-state index contributed by atoms with van der Waals surface area (Å²) in [5.74, 6) is 1.96. The molecule has 1 aliphatic heterocycles. The third kappa shape index (κ3) is 2.21. The van der Waals surface area contributed by atoms with Gasteiger partial charge in [0.15, 0.2) is 0 Å². The van der Waals surface area contributed by atoms with E-state index in [1.54, 1.807) is 0 Å². The van der Waals surface area contributed by atoms with Crippen molar-refractivity contribution in [1.29, 1.82) is 0 Å². The minimum Gasteiger partial charge on any atom is -0.345 e. The highest BCUT2D eigenvalue weighted by atomic mass is 79.9. The number of piperidine rings is 1. The Morgan fingerprint density at radius 1 is 1.25 bits per heavy atom. The molecule has 0 radical (unpaired) electrons. The second-order valence-electron chi connectivity index (χ2n) is 5.89. The first kappa shape index (κ1) is 12.6. The molecule has 3 nitrogen and oxygen atoms in total. The minimum atomic E-state index is 0.784. The van der Waals surface area contributed by atoms with Crippen LogP contribution in [0.25, 0.3) is 11.3 Å². The summed E-state index contributed by atoms with van der Waals surface area (Å²) in [4.78, 5) is 8.43. The van der Waals surface area contributed by atoms with Gasteiger partial charge in [0.1, 0.15) is 5.82 Å². The zero-order valence-electron chi connectivity index (χ0n) is 11.4. The van der Waals surface area contributed by atoms with Gasteiger partial charge in [-0.3, -0.25) is 0 Å². The summed E-state index contributed by atoms with van der Waals surface area (Å²) in [5.41, 5.74) is 5.15. The zero-order chi connectivity index (χ0) is 13.5. The molecule has 2 aromatic rings. The maximum absolute atomic E-state index is 4.86. The van der Waals surface area contributed by atoms with Gasteiger partial charge in [-0.05, 0) is 49.5 Å². The molecule has 2 N–H and O–H groups in total. The molecule has 1 aromatic heterocycles. The molecule has 1 aromatic carbocycles. The normalized spacial score (nSPS) is 18.1. The van der Waals surface area contributed by atoms with E-state index in [1.807, 2.05) is 0 Å². The number of benzene rings is 1. The van der Waals surface area contributed by atoms with Gasteiger partial charge in [-0.1, -0.05) is 22.0 Å².